The molecule has 2 aliphatic rings. The first-order valence-corrected chi connectivity index (χ1v) is 5.61. The monoisotopic (exact) mass is 221 g/mol. The van der Waals surface area contributed by atoms with Crippen molar-refractivity contribution in [1.29, 1.82) is 0 Å². The van der Waals surface area contributed by atoms with Crippen LogP contribution in [-0.2, 0) is 22.5 Å². The molecule has 2 aliphatic heterocycles. The maximum absolute atomic E-state index is 11.5. The predicted octanol–water partition coefficient (Wildman–Crippen LogP) is 0.329. The van der Waals surface area contributed by atoms with Crippen molar-refractivity contribution in [3.8, 4) is 0 Å². The number of hydrogen-bond donors (Lipinski definition) is 1. The smallest absolute Gasteiger partial charge is 0.310 e. The minimum Gasteiger partial charge on any atom is -0.469 e. The number of fused-ring (bicyclic) bond motifs is 2. The van der Waals surface area contributed by atoms with Gasteiger partial charge in [-0.3, -0.25) is 9.69 Å². The Morgan fingerprint density at radius 2 is 2.56 bits per heavy atom. The summed E-state index contributed by atoms with van der Waals surface area (Å²) in [5, 5.41) is 0. The molecular weight excluding hydrogens is 206 g/mol. The summed E-state index contributed by atoms with van der Waals surface area (Å²) in [5.41, 5.74) is 2.36. The molecule has 0 saturated carbocycles. The molecule has 3 rings (SSSR count). The van der Waals surface area contributed by atoms with Gasteiger partial charge in [0.25, 0.3) is 0 Å². The van der Waals surface area contributed by atoms with Gasteiger partial charge in [-0.15, -0.1) is 0 Å². The summed E-state index contributed by atoms with van der Waals surface area (Å²) in [6.45, 7) is 1.70. The average molecular weight is 221 g/mol. The van der Waals surface area contributed by atoms with Gasteiger partial charge in [0.15, 0.2) is 0 Å². The summed E-state index contributed by atoms with van der Waals surface area (Å²) < 4.78 is 4.81. The van der Waals surface area contributed by atoms with Crippen LogP contribution in [0.3, 0.4) is 0 Å². The number of esters is 1. The normalized spacial score (nSPS) is 28.6. The van der Waals surface area contributed by atoms with Gasteiger partial charge in [-0.05, 0) is 6.42 Å². The highest BCUT2D eigenvalue weighted by molar-refractivity contribution is 5.73. The van der Waals surface area contributed by atoms with Gasteiger partial charge >= 0.3 is 5.97 Å². The summed E-state index contributed by atoms with van der Waals surface area (Å²) in [7, 11) is 1.46. The van der Waals surface area contributed by atoms with Crippen molar-refractivity contribution in [2.75, 3.05) is 13.7 Å². The molecule has 16 heavy (non-hydrogen) atoms. The number of methoxy groups -OCH3 is 1. The largest absolute Gasteiger partial charge is 0.469 e. The maximum atomic E-state index is 11.5. The molecular formula is C11H15N3O2. The van der Waals surface area contributed by atoms with E-state index in [-0.39, 0.29) is 11.9 Å². The lowest BCUT2D eigenvalue weighted by molar-refractivity contribution is -0.144. The fourth-order valence-corrected chi connectivity index (χ4v) is 2.82. The molecule has 0 aliphatic carbocycles. The molecule has 0 amide bonds. The molecule has 5 nitrogen and oxygen atoms in total. The second kappa shape index (κ2) is 3.59. The van der Waals surface area contributed by atoms with E-state index in [9.17, 15) is 4.79 Å². The standard InChI is InChI=1S/C11H15N3O2/c1-16-11(15)7-2-8-3-9-10(13-6-12-9)5-14(8)4-7/h6-8H,2-5H2,1H3,(H,12,13)/t7-,8+/m1/s1. The number of aromatic nitrogens is 2. The fraction of sp³-hybridized carbons (Fsp3) is 0.636. The molecule has 0 unspecified atom stereocenters. The molecule has 2 atom stereocenters. The Hall–Kier alpha value is -1.36. The number of imidazole rings is 1. The number of H-pyrrole nitrogens is 1. The van der Waals surface area contributed by atoms with E-state index in [2.05, 4.69) is 14.9 Å². The Balaban J connectivity index is 1.76. The molecule has 3 heterocycles. The zero-order valence-corrected chi connectivity index (χ0v) is 9.27. The summed E-state index contributed by atoms with van der Waals surface area (Å²) in [4.78, 5) is 21.3. The van der Waals surface area contributed by atoms with Crippen molar-refractivity contribution in [2.24, 2.45) is 5.92 Å². The quantitative estimate of drug-likeness (QED) is 0.694. The summed E-state index contributed by atoms with van der Waals surface area (Å²) in [6.07, 6.45) is 3.61. The third-order valence-corrected chi connectivity index (χ3v) is 3.66. The van der Waals surface area contributed by atoms with Gasteiger partial charge in [0.2, 0.25) is 0 Å². The molecule has 1 saturated heterocycles. The molecule has 0 bridgehead atoms. The van der Waals surface area contributed by atoms with E-state index in [4.69, 9.17) is 4.74 Å². The number of aromatic amines is 1. The van der Waals surface area contributed by atoms with Crippen LogP contribution in [-0.4, -0.2) is 40.5 Å². The minimum absolute atomic E-state index is 0.0407. The Kier molecular flexibility index (Phi) is 2.21. The van der Waals surface area contributed by atoms with Gasteiger partial charge in [-0.2, -0.15) is 0 Å². The van der Waals surface area contributed by atoms with E-state index in [1.807, 2.05) is 0 Å². The fourth-order valence-electron chi connectivity index (χ4n) is 2.82. The van der Waals surface area contributed by atoms with Crippen molar-refractivity contribution in [1.82, 2.24) is 14.9 Å². The number of ether oxygens (including phenoxy) is 1. The van der Waals surface area contributed by atoms with Crippen LogP contribution < -0.4 is 0 Å². The van der Waals surface area contributed by atoms with Crippen molar-refractivity contribution in [3.05, 3.63) is 17.7 Å². The van der Waals surface area contributed by atoms with E-state index >= 15 is 0 Å². The Morgan fingerprint density at radius 3 is 3.38 bits per heavy atom. The van der Waals surface area contributed by atoms with Gasteiger partial charge < -0.3 is 9.72 Å². The summed E-state index contributed by atoms with van der Waals surface area (Å²) in [6, 6.07) is 0.458. The molecule has 1 aromatic heterocycles. The number of rotatable bonds is 1. The Morgan fingerprint density at radius 1 is 1.69 bits per heavy atom. The minimum atomic E-state index is -0.0778. The molecule has 1 fully saturated rings. The van der Waals surface area contributed by atoms with Crippen LogP contribution in [0.25, 0.3) is 0 Å². The lowest BCUT2D eigenvalue weighted by atomic mass is 10.00. The maximum Gasteiger partial charge on any atom is 0.310 e. The zero-order valence-electron chi connectivity index (χ0n) is 9.27. The van der Waals surface area contributed by atoms with Crippen molar-refractivity contribution in [2.45, 2.75) is 25.4 Å². The Labute approximate surface area is 93.8 Å². The van der Waals surface area contributed by atoms with E-state index in [0.717, 1.165) is 31.6 Å². The van der Waals surface area contributed by atoms with Gasteiger partial charge in [0.1, 0.15) is 0 Å². The molecule has 1 N–H and O–H groups in total. The predicted molar refractivity (Wildman–Crippen MR) is 56.6 cm³/mol. The first kappa shape index (κ1) is 9.84. The lowest BCUT2D eigenvalue weighted by Gasteiger charge is -2.28. The lowest BCUT2D eigenvalue weighted by Crippen LogP contribution is -2.35. The van der Waals surface area contributed by atoms with Crippen LogP contribution in [0.15, 0.2) is 6.33 Å². The molecule has 0 aromatic carbocycles. The second-order valence-electron chi connectivity index (χ2n) is 4.57. The van der Waals surface area contributed by atoms with Crippen molar-refractivity contribution in [3.63, 3.8) is 0 Å². The SMILES string of the molecule is COC(=O)[C@@H]1C[C@H]2Cc3nc[nH]c3CN2C1. The van der Waals surface area contributed by atoms with Crippen LogP contribution >= 0.6 is 0 Å². The van der Waals surface area contributed by atoms with Gasteiger partial charge in [0, 0.05) is 25.6 Å². The van der Waals surface area contributed by atoms with Crippen LogP contribution in [0, 0.1) is 5.92 Å². The van der Waals surface area contributed by atoms with Gasteiger partial charge in [-0.25, -0.2) is 4.98 Å². The molecule has 0 spiro atoms. The highest BCUT2D eigenvalue weighted by Gasteiger charge is 2.39. The number of nitrogens with one attached hydrogen (secondary N) is 1. The molecule has 0 radical (unpaired) electrons. The number of nitrogens with zero attached hydrogens (tertiary/aromatic N) is 2. The first-order chi connectivity index (χ1) is 7.78. The van der Waals surface area contributed by atoms with Crippen LogP contribution in [0.2, 0.25) is 0 Å². The van der Waals surface area contributed by atoms with Crippen LogP contribution in [0.5, 0.6) is 0 Å². The third kappa shape index (κ3) is 1.43. The average Bonchev–Trinajstić information content (AvgIpc) is 2.89. The number of hydrogen-bond acceptors (Lipinski definition) is 4. The third-order valence-electron chi connectivity index (χ3n) is 3.66. The van der Waals surface area contributed by atoms with Crippen molar-refractivity contribution >= 4 is 5.97 Å². The van der Waals surface area contributed by atoms with E-state index in [1.54, 1.807) is 6.33 Å². The summed E-state index contributed by atoms with van der Waals surface area (Å²) >= 11 is 0. The van der Waals surface area contributed by atoms with Gasteiger partial charge in [-0.1, -0.05) is 0 Å². The van der Waals surface area contributed by atoms with E-state index in [0.29, 0.717) is 6.04 Å². The highest BCUT2D eigenvalue weighted by atomic mass is 16.5. The van der Waals surface area contributed by atoms with E-state index in [1.165, 1.54) is 12.8 Å². The molecule has 5 heteroatoms. The van der Waals surface area contributed by atoms with Gasteiger partial charge in [0.05, 0.1) is 30.7 Å². The van der Waals surface area contributed by atoms with Crippen LogP contribution in [0.1, 0.15) is 17.8 Å². The van der Waals surface area contributed by atoms with Crippen LogP contribution in [0.4, 0.5) is 0 Å². The Bertz CT molecular complexity index is 387. The topological polar surface area (TPSA) is 58.2 Å². The first-order valence-electron chi connectivity index (χ1n) is 5.61. The zero-order chi connectivity index (χ0) is 11.1. The summed E-state index contributed by atoms with van der Waals surface area (Å²) in [5.74, 6) is -0.0370. The second-order valence-corrected chi connectivity index (χ2v) is 4.57. The van der Waals surface area contributed by atoms with E-state index < -0.39 is 0 Å². The molecule has 1 aromatic rings. The highest BCUT2D eigenvalue weighted by Crippen LogP contribution is 2.32. The number of carbonyl (C=O) groups is 1. The number of carbonyl (C=O) groups excluding carboxylic acids is 1. The molecule has 86 valence electrons. The van der Waals surface area contributed by atoms with Crippen molar-refractivity contribution < 1.29 is 9.53 Å².